The van der Waals surface area contributed by atoms with Crippen LogP contribution in [0.2, 0.25) is 0 Å². The predicted octanol–water partition coefficient (Wildman–Crippen LogP) is 2.90. The summed E-state index contributed by atoms with van der Waals surface area (Å²) in [7, 11) is 0. The normalized spacial score (nSPS) is 22.9. The molecule has 5 heteroatoms. The van der Waals surface area contributed by atoms with Crippen LogP contribution in [-0.4, -0.2) is 35.4 Å². The molecule has 0 radical (unpaired) electrons. The molecule has 26 heavy (non-hydrogen) atoms. The van der Waals surface area contributed by atoms with Crippen molar-refractivity contribution in [2.24, 2.45) is 10.7 Å². The lowest BCUT2D eigenvalue weighted by molar-refractivity contribution is 0.200. The second-order valence-electron chi connectivity index (χ2n) is 7.93. The highest BCUT2D eigenvalue weighted by molar-refractivity contribution is 6.15. The maximum Gasteiger partial charge on any atom is 0.129 e. The molecule has 1 saturated carbocycles. The minimum Gasteiger partial charge on any atom is -0.488 e. The van der Waals surface area contributed by atoms with E-state index in [-0.39, 0.29) is 11.6 Å². The number of hydrogen-bond donors (Lipinski definition) is 1. The Labute approximate surface area is 153 Å². The molecule has 0 amide bonds. The summed E-state index contributed by atoms with van der Waals surface area (Å²) in [6, 6.07) is 10.8. The Morgan fingerprint density at radius 1 is 1.23 bits per heavy atom. The van der Waals surface area contributed by atoms with E-state index >= 15 is 0 Å². The number of pyridine rings is 1. The van der Waals surface area contributed by atoms with Crippen molar-refractivity contribution in [1.29, 1.82) is 0 Å². The summed E-state index contributed by atoms with van der Waals surface area (Å²) >= 11 is 0. The summed E-state index contributed by atoms with van der Waals surface area (Å²) in [6.07, 6.45) is 5.17. The molecular weight excluding hydrogens is 324 g/mol. The molecule has 5 rings (SSSR count). The van der Waals surface area contributed by atoms with Crippen molar-refractivity contribution < 1.29 is 4.74 Å². The molecule has 1 aromatic heterocycles. The average Bonchev–Trinajstić information content (AvgIpc) is 3.05. The molecule has 1 aromatic carbocycles. The third-order valence-electron chi connectivity index (χ3n) is 5.63. The molecule has 2 N–H and O–H groups in total. The fourth-order valence-electron chi connectivity index (χ4n) is 3.77. The lowest BCUT2D eigenvalue weighted by Crippen LogP contribution is -2.27. The third kappa shape index (κ3) is 2.86. The SMILES string of the molecule is CC1(Oc2ccc3c(c2)C(c2ccnc(N4CC[C@@H](N)C4)c2)=NC3)CC1. The molecule has 5 nitrogen and oxygen atoms in total. The second-order valence-corrected chi connectivity index (χ2v) is 7.93. The zero-order valence-corrected chi connectivity index (χ0v) is 15.1. The van der Waals surface area contributed by atoms with Gasteiger partial charge in [-0.15, -0.1) is 0 Å². The first-order valence-electron chi connectivity index (χ1n) is 9.43. The molecule has 2 fully saturated rings. The Kier molecular flexibility index (Phi) is 3.54. The smallest absolute Gasteiger partial charge is 0.129 e. The van der Waals surface area contributed by atoms with E-state index in [0.29, 0.717) is 0 Å². The van der Waals surface area contributed by atoms with Gasteiger partial charge in [-0.3, -0.25) is 4.99 Å². The number of nitrogens with two attached hydrogens (primary N) is 1. The first kappa shape index (κ1) is 15.8. The molecule has 3 heterocycles. The zero-order valence-electron chi connectivity index (χ0n) is 15.1. The van der Waals surface area contributed by atoms with Crippen LogP contribution in [0.25, 0.3) is 0 Å². The van der Waals surface area contributed by atoms with Crippen molar-refractivity contribution in [2.75, 3.05) is 18.0 Å². The number of benzene rings is 1. The molecule has 1 aliphatic carbocycles. The fraction of sp³-hybridized carbons (Fsp3) is 0.429. The molecule has 1 saturated heterocycles. The number of ether oxygens (including phenoxy) is 1. The average molecular weight is 348 g/mol. The van der Waals surface area contributed by atoms with E-state index in [4.69, 9.17) is 15.5 Å². The second kappa shape index (κ2) is 5.81. The van der Waals surface area contributed by atoms with E-state index in [1.165, 1.54) is 11.1 Å². The number of anilines is 1. The summed E-state index contributed by atoms with van der Waals surface area (Å²) in [5, 5.41) is 0. The highest BCUT2D eigenvalue weighted by atomic mass is 16.5. The van der Waals surface area contributed by atoms with Gasteiger partial charge in [-0.25, -0.2) is 4.98 Å². The van der Waals surface area contributed by atoms with E-state index in [2.05, 4.69) is 41.1 Å². The molecule has 0 spiro atoms. The first-order valence-corrected chi connectivity index (χ1v) is 9.43. The maximum atomic E-state index is 6.15. The van der Waals surface area contributed by atoms with Gasteiger partial charge in [0.25, 0.3) is 0 Å². The highest BCUT2D eigenvalue weighted by Crippen LogP contribution is 2.40. The molecule has 0 bridgehead atoms. The van der Waals surface area contributed by atoms with Crippen LogP contribution in [0.5, 0.6) is 5.75 Å². The van der Waals surface area contributed by atoms with Gasteiger partial charge in [0, 0.05) is 36.5 Å². The molecule has 2 aliphatic heterocycles. The minimum atomic E-state index is 0.0303. The molecule has 0 unspecified atom stereocenters. The standard InChI is InChI=1S/C21H24N4O/c1-21(6-7-21)26-17-3-2-15-12-24-20(18(15)11-17)14-4-8-23-19(10-14)25-9-5-16(22)13-25/h2-4,8,10-11,16H,5-7,9,12-13,22H2,1H3/t16-/m1/s1. The minimum absolute atomic E-state index is 0.0303. The largest absolute Gasteiger partial charge is 0.488 e. The van der Waals surface area contributed by atoms with E-state index in [9.17, 15) is 0 Å². The van der Waals surface area contributed by atoms with Crippen molar-refractivity contribution >= 4 is 11.5 Å². The third-order valence-corrected chi connectivity index (χ3v) is 5.63. The quantitative estimate of drug-likeness (QED) is 0.923. The van der Waals surface area contributed by atoms with E-state index < -0.39 is 0 Å². The van der Waals surface area contributed by atoms with Crippen LogP contribution < -0.4 is 15.4 Å². The van der Waals surface area contributed by atoms with Gasteiger partial charge in [0.15, 0.2) is 0 Å². The Hall–Kier alpha value is -2.40. The van der Waals surface area contributed by atoms with Crippen LogP contribution >= 0.6 is 0 Å². The molecule has 3 aliphatic rings. The molecule has 134 valence electrons. The van der Waals surface area contributed by atoms with Crippen molar-refractivity contribution in [3.8, 4) is 5.75 Å². The van der Waals surface area contributed by atoms with E-state index in [1.54, 1.807) is 0 Å². The van der Waals surface area contributed by atoms with Crippen molar-refractivity contribution in [3.63, 3.8) is 0 Å². The molecule has 2 aromatic rings. The highest BCUT2D eigenvalue weighted by Gasteiger charge is 2.40. The Morgan fingerprint density at radius 2 is 2.12 bits per heavy atom. The summed E-state index contributed by atoms with van der Waals surface area (Å²) < 4.78 is 6.15. The van der Waals surface area contributed by atoms with Gasteiger partial charge in [-0.1, -0.05) is 6.07 Å². The zero-order chi connectivity index (χ0) is 17.7. The van der Waals surface area contributed by atoms with Crippen LogP contribution in [0, 0.1) is 0 Å². The number of nitrogens with zero attached hydrogens (tertiary/aromatic N) is 3. The van der Waals surface area contributed by atoms with Gasteiger partial charge in [0.2, 0.25) is 0 Å². The number of rotatable bonds is 4. The fourth-order valence-corrected chi connectivity index (χ4v) is 3.77. The van der Waals surface area contributed by atoms with Crippen LogP contribution in [0.3, 0.4) is 0 Å². The Bertz CT molecular complexity index is 887. The van der Waals surface area contributed by atoms with Crippen molar-refractivity contribution in [2.45, 2.75) is 44.4 Å². The van der Waals surface area contributed by atoms with Gasteiger partial charge in [-0.2, -0.15) is 0 Å². The number of aliphatic imine (C=N–C) groups is 1. The molecular formula is C21H24N4O. The Balaban J connectivity index is 1.44. The summed E-state index contributed by atoms with van der Waals surface area (Å²) in [5.74, 6) is 1.93. The topological polar surface area (TPSA) is 63.7 Å². The summed E-state index contributed by atoms with van der Waals surface area (Å²) in [4.78, 5) is 11.6. The van der Waals surface area contributed by atoms with Crippen molar-refractivity contribution in [3.05, 3.63) is 53.2 Å². The number of aromatic nitrogens is 1. The molecule has 1 atom stereocenters. The summed E-state index contributed by atoms with van der Waals surface area (Å²) in [6.45, 7) is 4.74. The first-order chi connectivity index (χ1) is 12.6. The predicted molar refractivity (Wildman–Crippen MR) is 103 cm³/mol. The van der Waals surface area contributed by atoms with Crippen molar-refractivity contribution in [1.82, 2.24) is 4.98 Å². The van der Waals surface area contributed by atoms with Gasteiger partial charge in [0.1, 0.15) is 17.2 Å². The van der Waals surface area contributed by atoms with E-state index in [0.717, 1.165) is 61.7 Å². The summed E-state index contributed by atoms with van der Waals surface area (Å²) in [5.41, 5.74) is 10.7. The Morgan fingerprint density at radius 3 is 2.88 bits per heavy atom. The van der Waals surface area contributed by atoms with Crippen LogP contribution in [0.1, 0.15) is 42.9 Å². The van der Waals surface area contributed by atoms with Gasteiger partial charge < -0.3 is 15.4 Å². The number of hydrogen-bond acceptors (Lipinski definition) is 5. The lowest BCUT2D eigenvalue weighted by Gasteiger charge is -2.18. The maximum absolute atomic E-state index is 6.15. The van der Waals surface area contributed by atoms with Crippen LogP contribution in [0.15, 0.2) is 41.5 Å². The lowest BCUT2D eigenvalue weighted by atomic mass is 10.0. The van der Waals surface area contributed by atoms with E-state index in [1.807, 2.05) is 12.3 Å². The van der Waals surface area contributed by atoms with Gasteiger partial charge in [-0.05, 0) is 56.0 Å². The number of fused-ring (bicyclic) bond motifs is 1. The van der Waals surface area contributed by atoms with Crippen LogP contribution in [-0.2, 0) is 6.54 Å². The van der Waals surface area contributed by atoms with Crippen LogP contribution in [0.4, 0.5) is 5.82 Å². The van der Waals surface area contributed by atoms with Gasteiger partial charge in [0.05, 0.1) is 12.3 Å². The van der Waals surface area contributed by atoms with Gasteiger partial charge >= 0.3 is 0 Å². The monoisotopic (exact) mass is 348 g/mol.